The number of benzene rings is 7. The predicted molar refractivity (Wildman–Crippen MR) is 222 cm³/mol. The van der Waals surface area contributed by atoms with Crippen molar-refractivity contribution in [3.63, 3.8) is 0 Å². The molecule has 52 heavy (non-hydrogen) atoms. The van der Waals surface area contributed by atoms with Gasteiger partial charge in [0.15, 0.2) is 0 Å². The number of fused-ring (bicyclic) bond motifs is 6. The van der Waals surface area contributed by atoms with Gasteiger partial charge in [-0.25, -0.2) is 4.99 Å². The molecule has 0 aliphatic rings. The van der Waals surface area contributed by atoms with E-state index in [-0.39, 0.29) is 0 Å². The fourth-order valence-corrected chi connectivity index (χ4v) is 7.55. The first-order chi connectivity index (χ1) is 25.7. The lowest BCUT2D eigenvalue weighted by Crippen LogP contribution is -2.02. The molecule has 0 radical (unpaired) electrons. The van der Waals surface area contributed by atoms with Crippen molar-refractivity contribution in [1.82, 2.24) is 9.13 Å². The molecule has 0 aliphatic heterocycles. The maximum Gasteiger partial charge on any atom is 0.133 e. The molecule has 2 aromatic heterocycles. The first kappa shape index (κ1) is 31.3. The summed E-state index contributed by atoms with van der Waals surface area (Å²) in [6.45, 7) is 4.24. The quantitative estimate of drug-likeness (QED) is 0.151. The maximum atomic E-state index is 5.44. The number of hydrogen-bond acceptors (Lipinski definition) is 1. The van der Waals surface area contributed by atoms with E-state index in [9.17, 15) is 0 Å². The van der Waals surface area contributed by atoms with Gasteiger partial charge in [-0.3, -0.25) is 4.57 Å². The molecule has 248 valence electrons. The van der Waals surface area contributed by atoms with Gasteiger partial charge in [-0.1, -0.05) is 133 Å². The molecule has 3 heteroatoms. The highest BCUT2D eigenvalue weighted by atomic mass is 15.1. The molecule has 9 aromatic rings. The molecular formula is C49H37N3. The number of allylic oxidation sites excluding steroid dienone is 3. The second kappa shape index (κ2) is 13.2. The van der Waals surface area contributed by atoms with Crippen LogP contribution in [0.25, 0.3) is 71.8 Å². The van der Waals surface area contributed by atoms with Crippen molar-refractivity contribution in [1.29, 1.82) is 0 Å². The zero-order chi connectivity index (χ0) is 35.0. The minimum absolute atomic E-state index is 0.876. The fraction of sp³-hybridized carbons (Fsp3) is 0.0408. The van der Waals surface area contributed by atoms with Gasteiger partial charge in [-0.05, 0) is 90.7 Å². The Morgan fingerprint density at radius 2 is 1.02 bits per heavy atom. The highest BCUT2D eigenvalue weighted by Crippen LogP contribution is 2.38. The number of hydrogen-bond donors (Lipinski definition) is 0. The molecule has 2 heterocycles. The van der Waals surface area contributed by atoms with E-state index in [4.69, 9.17) is 4.99 Å². The second-order valence-electron chi connectivity index (χ2n) is 13.2. The van der Waals surface area contributed by atoms with E-state index in [0.717, 1.165) is 45.0 Å². The van der Waals surface area contributed by atoms with Crippen LogP contribution in [0, 0.1) is 0 Å². The Labute approximate surface area is 303 Å². The Hall–Kier alpha value is -6.71. The Morgan fingerprint density at radius 1 is 0.481 bits per heavy atom. The fourth-order valence-electron chi connectivity index (χ4n) is 7.55. The minimum Gasteiger partial charge on any atom is -0.309 e. The third kappa shape index (κ3) is 5.44. The van der Waals surface area contributed by atoms with Gasteiger partial charge in [0.1, 0.15) is 5.82 Å². The zero-order valence-electron chi connectivity index (χ0n) is 29.2. The van der Waals surface area contributed by atoms with E-state index >= 15 is 0 Å². The van der Waals surface area contributed by atoms with E-state index in [1.54, 1.807) is 0 Å². The molecule has 0 aliphatic carbocycles. The van der Waals surface area contributed by atoms with Gasteiger partial charge in [0.05, 0.1) is 27.8 Å². The van der Waals surface area contributed by atoms with Gasteiger partial charge in [0.2, 0.25) is 0 Å². The topological polar surface area (TPSA) is 22.2 Å². The second-order valence-corrected chi connectivity index (χ2v) is 13.2. The van der Waals surface area contributed by atoms with Crippen LogP contribution in [-0.4, -0.2) is 14.8 Å². The highest BCUT2D eigenvalue weighted by Gasteiger charge is 2.17. The molecule has 7 aromatic carbocycles. The largest absolute Gasteiger partial charge is 0.309 e. The van der Waals surface area contributed by atoms with E-state index in [0.29, 0.717) is 0 Å². The van der Waals surface area contributed by atoms with Crippen LogP contribution in [0.5, 0.6) is 0 Å². The SMILES string of the molecule is C/C=C(/N=C(\C=C(/C)c1ccccc1)c1ccccc1)n1c2ccccc2c2ccc(-c3ccc4c(c3)c3ccccc3n4-c3ccccc3)cc21. The first-order valence-corrected chi connectivity index (χ1v) is 17.8. The van der Waals surface area contributed by atoms with Crippen molar-refractivity contribution in [3.8, 4) is 16.8 Å². The lowest BCUT2D eigenvalue weighted by Gasteiger charge is -2.12. The summed E-state index contributed by atoms with van der Waals surface area (Å²) in [6, 6.07) is 62.7. The molecule has 0 amide bonds. The summed E-state index contributed by atoms with van der Waals surface area (Å²) in [7, 11) is 0. The number of nitrogens with zero attached hydrogens (tertiary/aromatic N) is 3. The van der Waals surface area contributed by atoms with Crippen molar-refractivity contribution in [2.45, 2.75) is 13.8 Å². The van der Waals surface area contributed by atoms with E-state index in [2.05, 4.69) is 211 Å². The average Bonchev–Trinajstić information content (AvgIpc) is 3.72. The van der Waals surface area contributed by atoms with Crippen molar-refractivity contribution in [2.24, 2.45) is 4.99 Å². The third-order valence-corrected chi connectivity index (χ3v) is 10.1. The first-order valence-electron chi connectivity index (χ1n) is 17.8. The molecule has 0 N–H and O–H groups in total. The van der Waals surface area contributed by atoms with Crippen LogP contribution in [0.2, 0.25) is 0 Å². The summed E-state index contributed by atoms with van der Waals surface area (Å²) < 4.78 is 4.69. The predicted octanol–water partition coefficient (Wildman–Crippen LogP) is 13.0. The van der Waals surface area contributed by atoms with Crippen LogP contribution in [-0.2, 0) is 0 Å². The average molecular weight is 668 g/mol. The molecule has 3 nitrogen and oxygen atoms in total. The van der Waals surface area contributed by atoms with Crippen LogP contribution < -0.4 is 0 Å². The smallest absolute Gasteiger partial charge is 0.133 e. The van der Waals surface area contributed by atoms with E-state index in [1.807, 2.05) is 0 Å². The summed E-state index contributed by atoms with van der Waals surface area (Å²) in [5.41, 5.74) is 12.5. The van der Waals surface area contributed by atoms with E-state index < -0.39 is 0 Å². The highest BCUT2D eigenvalue weighted by molar-refractivity contribution is 6.16. The standard InChI is InChI=1S/C49H37N3/c1-3-49(50-44(36-19-9-5-10-20-36)31-34(2)35-17-7-4-8-18-35)52-46-26-16-13-23-40(46)42-29-27-38(33-48(42)52)37-28-30-47-43(32-37)41-24-14-15-25-45(41)51(47)39-21-11-6-12-22-39/h3-33H,1-2H3/b34-31+,49-3-,50-44+. The number of rotatable bonds is 7. The van der Waals surface area contributed by atoms with Crippen molar-refractivity contribution < 1.29 is 0 Å². The van der Waals surface area contributed by atoms with Crippen LogP contribution in [0.15, 0.2) is 193 Å². The summed E-state index contributed by atoms with van der Waals surface area (Å²) in [5, 5.41) is 4.89. The van der Waals surface area contributed by atoms with Crippen LogP contribution in [0.4, 0.5) is 0 Å². The third-order valence-electron chi connectivity index (χ3n) is 10.1. The van der Waals surface area contributed by atoms with Gasteiger partial charge in [-0.2, -0.15) is 0 Å². The Kier molecular flexibility index (Phi) is 7.94. The van der Waals surface area contributed by atoms with Gasteiger partial charge >= 0.3 is 0 Å². The molecule has 9 rings (SSSR count). The van der Waals surface area contributed by atoms with Crippen molar-refractivity contribution in [3.05, 3.63) is 199 Å². The number of aromatic nitrogens is 2. The minimum atomic E-state index is 0.876. The van der Waals surface area contributed by atoms with Crippen LogP contribution in [0.1, 0.15) is 25.0 Å². The molecular weight excluding hydrogens is 631 g/mol. The molecule has 0 bridgehead atoms. The zero-order valence-corrected chi connectivity index (χ0v) is 29.2. The molecule has 0 saturated carbocycles. The van der Waals surface area contributed by atoms with Gasteiger partial charge in [-0.15, -0.1) is 0 Å². The molecule has 0 atom stereocenters. The van der Waals surface area contributed by atoms with Gasteiger partial charge in [0.25, 0.3) is 0 Å². The normalized spacial score (nSPS) is 12.8. The summed E-state index contributed by atoms with van der Waals surface area (Å²) >= 11 is 0. The molecule has 0 fully saturated rings. The van der Waals surface area contributed by atoms with Gasteiger partial charge < -0.3 is 4.57 Å². The summed E-state index contributed by atoms with van der Waals surface area (Å²) in [4.78, 5) is 5.44. The van der Waals surface area contributed by atoms with Crippen LogP contribution >= 0.6 is 0 Å². The molecule has 0 saturated heterocycles. The lowest BCUT2D eigenvalue weighted by atomic mass is 10.0. The van der Waals surface area contributed by atoms with Gasteiger partial charge in [0, 0.05) is 32.8 Å². The monoisotopic (exact) mass is 667 g/mol. The summed E-state index contributed by atoms with van der Waals surface area (Å²) in [5.74, 6) is 0.876. The Morgan fingerprint density at radius 3 is 1.73 bits per heavy atom. The van der Waals surface area contributed by atoms with Crippen molar-refractivity contribution in [2.75, 3.05) is 0 Å². The number of para-hydroxylation sites is 3. The summed E-state index contributed by atoms with van der Waals surface area (Å²) in [6.07, 6.45) is 4.33. The van der Waals surface area contributed by atoms with Crippen molar-refractivity contribution >= 4 is 60.7 Å². The Balaban J connectivity index is 1.23. The number of aliphatic imine (C=N–C) groups is 1. The molecule has 0 spiro atoms. The maximum absolute atomic E-state index is 5.44. The lowest BCUT2D eigenvalue weighted by molar-refractivity contribution is 1.17. The molecule has 0 unspecified atom stereocenters. The Bertz CT molecular complexity index is 2830. The van der Waals surface area contributed by atoms with Crippen LogP contribution in [0.3, 0.4) is 0 Å². The van der Waals surface area contributed by atoms with E-state index in [1.165, 1.54) is 43.7 Å².